The number of carbonyl (C=O) groups is 2. The van der Waals surface area contributed by atoms with Crippen LogP contribution >= 0.6 is 11.6 Å². The summed E-state index contributed by atoms with van der Waals surface area (Å²) in [5.41, 5.74) is 0.535. The van der Waals surface area contributed by atoms with Gasteiger partial charge >= 0.3 is 5.97 Å². The van der Waals surface area contributed by atoms with Crippen LogP contribution in [0.1, 0.15) is 36.0 Å². The first kappa shape index (κ1) is 14.5. The van der Waals surface area contributed by atoms with Gasteiger partial charge in [0.15, 0.2) is 0 Å². The van der Waals surface area contributed by atoms with E-state index < -0.39 is 5.97 Å². The number of nitrogens with one attached hydrogen (secondary N) is 1. The number of carbonyl (C=O) groups excluding carboxylic acids is 1. The van der Waals surface area contributed by atoms with E-state index in [-0.39, 0.29) is 12.3 Å². The summed E-state index contributed by atoms with van der Waals surface area (Å²) >= 11 is 5.79. The predicted octanol–water partition coefficient (Wildman–Crippen LogP) is 2.71. The first-order valence-electron chi connectivity index (χ1n) is 5.85. The molecule has 0 spiro atoms. The number of aliphatic carboxylic acids is 1. The number of amides is 1. The van der Waals surface area contributed by atoms with E-state index in [0.29, 0.717) is 23.6 Å². The molecule has 0 aliphatic heterocycles. The number of carboxylic acid groups (broad SMARTS) is 1. The minimum atomic E-state index is -0.780. The third kappa shape index (κ3) is 5.68. The number of hydrogen-bond acceptors (Lipinski definition) is 2. The van der Waals surface area contributed by atoms with Gasteiger partial charge in [-0.25, -0.2) is 0 Å². The minimum Gasteiger partial charge on any atom is -0.481 e. The van der Waals surface area contributed by atoms with Crippen LogP contribution in [0, 0.1) is 0 Å². The molecular weight excluding hydrogens is 254 g/mol. The van der Waals surface area contributed by atoms with Crippen LogP contribution in [0.5, 0.6) is 0 Å². The van der Waals surface area contributed by atoms with Gasteiger partial charge in [-0.05, 0) is 31.0 Å². The van der Waals surface area contributed by atoms with Crippen molar-refractivity contribution in [3.63, 3.8) is 0 Å². The number of carboxylic acids is 1. The van der Waals surface area contributed by atoms with E-state index in [4.69, 9.17) is 16.7 Å². The molecule has 0 saturated carbocycles. The Bertz CT molecular complexity index is 420. The van der Waals surface area contributed by atoms with Crippen LogP contribution in [0.25, 0.3) is 0 Å². The summed E-state index contributed by atoms with van der Waals surface area (Å²) in [5.74, 6) is -0.936. The Morgan fingerprint density at radius 3 is 2.67 bits per heavy atom. The van der Waals surface area contributed by atoms with Gasteiger partial charge in [0, 0.05) is 23.6 Å². The maximum absolute atomic E-state index is 11.7. The molecule has 5 heteroatoms. The zero-order valence-electron chi connectivity index (χ0n) is 9.99. The Morgan fingerprint density at radius 1 is 1.22 bits per heavy atom. The van der Waals surface area contributed by atoms with Gasteiger partial charge in [0.25, 0.3) is 5.91 Å². The van der Waals surface area contributed by atoms with Crippen molar-refractivity contribution in [1.82, 2.24) is 5.32 Å². The quantitative estimate of drug-likeness (QED) is 0.748. The molecule has 0 fully saturated rings. The molecule has 4 nitrogen and oxygen atoms in total. The number of halogens is 1. The molecule has 18 heavy (non-hydrogen) atoms. The maximum atomic E-state index is 11.7. The molecule has 0 aliphatic carbocycles. The highest BCUT2D eigenvalue weighted by atomic mass is 35.5. The zero-order chi connectivity index (χ0) is 13.4. The fourth-order valence-corrected chi connectivity index (χ4v) is 1.70. The second-order valence-corrected chi connectivity index (χ2v) is 4.41. The molecule has 0 radical (unpaired) electrons. The highest BCUT2D eigenvalue weighted by molar-refractivity contribution is 6.30. The molecule has 1 rings (SSSR count). The van der Waals surface area contributed by atoms with Crippen LogP contribution in [-0.2, 0) is 4.79 Å². The van der Waals surface area contributed by atoms with Gasteiger partial charge in [-0.3, -0.25) is 9.59 Å². The lowest BCUT2D eigenvalue weighted by Crippen LogP contribution is -2.24. The Kier molecular flexibility index (Phi) is 6.22. The van der Waals surface area contributed by atoms with Gasteiger partial charge in [0.1, 0.15) is 0 Å². The third-order valence-electron chi connectivity index (χ3n) is 2.44. The van der Waals surface area contributed by atoms with E-state index in [1.54, 1.807) is 24.3 Å². The van der Waals surface area contributed by atoms with E-state index >= 15 is 0 Å². The molecule has 0 heterocycles. The van der Waals surface area contributed by atoms with Crippen LogP contribution in [0.15, 0.2) is 24.3 Å². The van der Waals surface area contributed by atoms with Gasteiger partial charge in [0.2, 0.25) is 0 Å². The standard InChI is InChI=1S/C13H16ClNO3/c14-11-6-4-5-10(9-11)13(18)15-8-3-1-2-7-12(16)17/h4-6,9H,1-3,7-8H2,(H,15,18)(H,16,17). The molecule has 0 aromatic heterocycles. The lowest BCUT2D eigenvalue weighted by molar-refractivity contribution is -0.137. The maximum Gasteiger partial charge on any atom is 0.303 e. The lowest BCUT2D eigenvalue weighted by Gasteiger charge is -2.05. The second-order valence-electron chi connectivity index (χ2n) is 3.97. The Morgan fingerprint density at radius 2 is 2.00 bits per heavy atom. The zero-order valence-corrected chi connectivity index (χ0v) is 10.7. The van der Waals surface area contributed by atoms with Crippen molar-refractivity contribution in [3.05, 3.63) is 34.9 Å². The molecule has 0 saturated heterocycles. The van der Waals surface area contributed by atoms with Crippen molar-refractivity contribution in [2.75, 3.05) is 6.54 Å². The average Bonchev–Trinajstić information content (AvgIpc) is 2.33. The fourth-order valence-electron chi connectivity index (χ4n) is 1.51. The van der Waals surface area contributed by atoms with E-state index in [1.165, 1.54) is 0 Å². The van der Waals surface area contributed by atoms with E-state index in [2.05, 4.69) is 5.32 Å². The SMILES string of the molecule is O=C(O)CCCCCNC(=O)c1cccc(Cl)c1. The lowest BCUT2D eigenvalue weighted by atomic mass is 10.2. The van der Waals surface area contributed by atoms with E-state index in [1.807, 2.05) is 0 Å². The summed E-state index contributed by atoms with van der Waals surface area (Å²) in [6.45, 7) is 0.547. The van der Waals surface area contributed by atoms with Crippen LogP contribution in [0.4, 0.5) is 0 Å². The molecule has 0 unspecified atom stereocenters. The van der Waals surface area contributed by atoms with Crippen LogP contribution in [-0.4, -0.2) is 23.5 Å². The van der Waals surface area contributed by atoms with Gasteiger partial charge in [-0.1, -0.05) is 24.1 Å². The average molecular weight is 270 g/mol. The third-order valence-corrected chi connectivity index (χ3v) is 2.67. The smallest absolute Gasteiger partial charge is 0.303 e. The Balaban J connectivity index is 2.20. The summed E-state index contributed by atoms with van der Waals surface area (Å²) in [4.78, 5) is 21.9. The molecule has 98 valence electrons. The molecule has 1 aromatic rings. The monoisotopic (exact) mass is 269 g/mol. The Hall–Kier alpha value is -1.55. The van der Waals surface area contributed by atoms with Crippen molar-refractivity contribution in [1.29, 1.82) is 0 Å². The van der Waals surface area contributed by atoms with Gasteiger partial charge in [-0.2, -0.15) is 0 Å². The summed E-state index contributed by atoms with van der Waals surface area (Å²) in [6.07, 6.45) is 2.40. The van der Waals surface area contributed by atoms with E-state index in [9.17, 15) is 9.59 Å². The van der Waals surface area contributed by atoms with Crippen molar-refractivity contribution in [2.45, 2.75) is 25.7 Å². The summed E-state index contributed by atoms with van der Waals surface area (Å²) in [5, 5.41) is 11.8. The molecule has 0 atom stereocenters. The van der Waals surface area contributed by atoms with Gasteiger partial charge in [0.05, 0.1) is 0 Å². The van der Waals surface area contributed by atoms with Crippen LogP contribution in [0.3, 0.4) is 0 Å². The number of unbranched alkanes of at least 4 members (excludes halogenated alkanes) is 2. The topological polar surface area (TPSA) is 66.4 Å². The Labute approximate surface area is 111 Å². The first-order chi connectivity index (χ1) is 8.59. The highest BCUT2D eigenvalue weighted by Crippen LogP contribution is 2.10. The van der Waals surface area contributed by atoms with Crippen molar-refractivity contribution >= 4 is 23.5 Å². The van der Waals surface area contributed by atoms with Gasteiger partial charge in [-0.15, -0.1) is 0 Å². The molecule has 1 amide bonds. The van der Waals surface area contributed by atoms with Crippen molar-refractivity contribution in [3.8, 4) is 0 Å². The van der Waals surface area contributed by atoms with Crippen LogP contribution < -0.4 is 5.32 Å². The number of benzene rings is 1. The normalized spacial score (nSPS) is 10.1. The molecule has 0 bridgehead atoms. The largest absolute Gasteiger partial charge is 0.481 e. The molecule has 0 aliphatic rings. The van der Waals surface area contributed by atoms with Gasteiger partial charge < -0.3 is 10.4 Å². The fraction of sp³-hybridized carbons (Fsp3) is 0.385. The summed E-state index contributed by atoms with van der Waals surface area (Å²) in [7, 11) is 0. The van der Waals surface area contributed by atoms with Crippen molar-refractivity contribution < 1.29 is 14.7 Å². The number of hydrogen-bond donors (Lipinski definition) is 2. The first-order valence-corrected chi connectivity index (χ1v) is 6.23. The summed E-state index contributed by atoms with van der Waals surface area (Å²) in [6, 6.07) is 6.75. The van der Waals surface area contributed by atoms with Crippen molar-refractivity contribution in [2.24, 2.45) is 0 Å². The predicted molar refractivity (Wildman–Crippen MR) is 69.9 cm³/mol. The van der Waals surface area contributed by atoms with E-state index in [0.717, 1.165) is 12.8 Å². The summed E-state index contributed by atoms with van der Waals surface area (Å²) < 4.78 is 0. The second kappa shape index (κ2) is 7.71. The highest BCUT2D eigenvalue weighted by Gasteiger charge is 2.04. The molecule has 1 aromatic carbocycles. The molecular formula is C13H16ClNO3. The number of rotatable bonds is 7. The van der Waals surface area contributed by atoms with Crippen LogP contribution in [0.2, 0.25) is 5.02 Å². The minimum absolute atomic E-state index is 0.157. The molecule has 2 N–H and O–H groups in total.